The maximum absolute atomic E-state index is 12.4. The van der Waals surface area contributed by atoms with Gasteiger partial charge < -0.3 is 16.8 Å². The normalized spacial score (nSPS) is 11.9. The number of carbonyl (C=O) groups excluding carboxylic acids is 2. The molecule has 1 heterocycles. The molecule has 0 saturated heterocycles. The predicted molar refractivity (Wildman–Crippen MR) is 115 cm³/mol. The SMILES string of the molecule is Cc1ccc(/C=C/C(=O)C(N)c2ccc(C(=O)Nc3ccnc(N)c3)cc2)cc1. The van der Waals surface area contributed by atoms with Crippen LogP contribution in [0.2, 0.25) is 0 Å². The second-order valence-corrected chi connectivity index (χ2v) is 6.67. The van der Waals surface area contributed by atoms with E-state index in [1.54, 1.807) is 42.5 Å². The Hall–Kier alpha value is -3.77. The Labute approximate surface area is 169 Å². The number of nitrogens with one attached hydrogen (secondary N) is 1. The van der Waals surface area contributed by atoms with Crippen molar-refractivity contribution in [2.75, 3.05) is 11.1 Å². The number of aromatic nitrogens is 1. The molecule has 0 aliphatic rings. The van der Waals surface area contributed by atoms with Crippen molar-refractivity contribution in [3.63, 3.8) is 0 Å². The number of benzene rings is 2. The third-order valence-electron chi connectivity index (χ3n) is 4.39. The van der Waals surface area contributed by atoms with Crippen LogP contribution in [0.15, 0.2) is 72.9 Å². The van der Waals surface area contributed by atoms with Crippen LogP contribution >= 0.6 is 0 Å². The molecular weight excluding hydrogens is 364 g/mol. The topological polar surface area (TPSA) is 111 Å². The smallest absolute Gasteiger partial charge is 0.255 e. The third kappa shape index (κ3) is 5.37. The third-order valence-corrected chi connectivity index (χ3v) is 4.39. The maximum atomic E-state index is 12.4. The Morgan fingerprint density at radius 2 is 1.72 bits per heavy atom. The van der Waals surface area contributed by atoms with Crippen molar-refractivity contribution in [2.45, 2.75) is 13.0 Å². The number of amides is 1. The van der Waals surface area contributed by atoms with E-state index in [4.69, 9.17) is 11.5 Å². The van der Waals surface area contributed by atoms with Gasteiger partial charge in [-0.15, -0.1) is 0 Å². The van der Waals surface area contributed by atoms with Crippen LogP contribution in [-0.4, -0.2) is 16.7 Å². The molecule has 3 aromatic rings. The van der Waals surface area contributed by atoms with Gasteiger partial charge in [0.2, 0.25) is 0 Å². The molecule has 3 rings (SSSR count). The van der Waals surface area contributed by atoms with Crippen molar-refractivity contribution >= 4 is 29.3 Å². The lowest BCUT2D eigenvalue weighted by molar-refractivity contribution is -0.115. The standard InChI is InChI=1S/C23H22N4O2/c1-15-2-4-16(5-3-15)6-11-20(28)22(25)17-7-9-18(10-8-17)23(29)27-19-12-13-26-21(24)14-19/h2-14,22H,25H2,1H3,(H3,24,26,27,29)/b11-6+. The number of hydrogen-bond donors (Lipinski definition) is 3. The van der Waals surface area contributed by atoms with Crippen LogP contribution in [-0.2, 0) is 4.79 Å². The van der Waals surface area contributed by atoms with Crippen LogP contribution in [0.4, 0.5) is 11.5 Å². The first kappa shape index (κ1) is 20.0. The van der Waals surface area contributed by atoms with Crippen LogP contribution < -0.4 is 16.8 Å². The van der Waals surface area contributed by atoms with Crippen LogP contribution in [0.5, 0.6) is 0 Å². The zero-order valence-electron chi connectivity index (χ0n) is 16.0. The Balaban J connectivity index is 1.64. The van der Waals surface area contributed by atoms with E-state index < -0.39 is 6.04 Å². The summed E-state index contributed by atoms with van der Waals surface area (Å²) in [4.78, 5) is 28.6. The van der Waals surface area contributed by atoms with Gasteiger partial charge in [0.25, 0.3) is 5.91 Å². The number of aryl methyl sites for hydroxylation is 1. The molecule has 6 nitrogen and oxygen atoms in total. The predicted octanol–water partition coefficient (Wildman–Crippen LogP) is 3.51. The molecule has 1 unspecified atom stereocenters. The Morgan fingerprint density at radius 3 is 2.38 bits per heavy atom. The van der Waals surface area contributed by atoms with Crippen molar-refractivity contribution in [1.29, 1.82) is 0 Å². The summed E-state index contributed by atoms with van der Waals surface area (Å²) in [6, 6.07) is 16.9. The van der Waals surface area contributed by atoms with E-state index in [-0.39, 0.29) is 11.7 Å². The maximum Gasteiger partial charge on any atom is 0.255 e. The summed E-state index contributed by atoms with van der Waals surface area (Å²) in [5.41, 5.74) is 15.4. The van der Waals surface area contributed by atoms with Crippen molar-refractivity contribution in [1.82, 2.24) is 4.98 Å². The van der Waals surface area contributed by atoms with E-state index in [1.165, 1.54) is 12.3 Å². The lowest BCUT2D eigenvalue weighted by atomic mass is 10.0. The summed E-state index contributed by atoms with van der Waals surface area (Å²) in [7, 11) is 0. The van der Waals surface area contributed by atoms with Crippen LogP contribution in [0.1, 0.15) is 33.1 Å². The van der Waals surface area contributed by atoms with Crippen LogP contribution in [0, 0.1) is 6.92 Å². The highest BCUT2D eigenvalue weighted by Gasteiger charge is 2.14. The summed E-state index contributed by atoms with van der Waals surface area (Å²) in [6.07, 6.45) is 4.73. The minimum absolute atomic E-state index is 0.213. The van der Waals surface area contributed by atoms with E-state index in [1.807, 2.05) is 31.2 Å². The summed E-state index contributed by atoms with van der Waals surface area (Å²) in [5, 5.41) is 2.74. The van der Waals surface area contributed by atoms with Gasteiger partial charge in [0.05, 0.1) is 6.04 Å². The number of nitrogens with two attached hydrogens (primary N) is 2. The summed E-state index contributed by atoms with van der Waals surface area (Å²) in [5.74, 6) is -0.183. The summed E-state index contributed by atoms with van der Waals surface area (Å²) < 4.78 is 0. The highest BCUT2D eigenvalue weighted by Crippen LogP contribution is 2.16. The molecule has 29 heavy (non-hydrogen) atoms. The Morgan fingerprint density at radius 1 is 1.03 bits per heavy atom. The van der Waals surface area contributed by atoms with Gasteiger partial charge in [0.15, 0.2) is 5.78 Å². The fraction of sp³-hybridized carbons (Fsp3) is 0.0870. The number of anilines is 2. The van der Waals surface area contributed by atoms with Crippen molar-refractivity contribution in [3.8, 4) is 0 Å². The molecule has 0 bridgehead atoms. The molecule has 0 fully saturated rings. The molecule has 1 amide bonds. The zero-order chi connectivity index (χ0) is 20.8. The number of carbonyl (C=O) groups is 2. The van der Waals surface area contributed by atoms with Gasteiger partial charge in [-0.2, -0.15) is 0 Å². The summed E-state index contributed by atoms with van der Waals surface area (Å²) in [6.45, 7) is 2.00. The van der Waals surface area contributed by atoms with Crippen LogP contribution in [0.25, 0.3) is 6.08 Å². The molecule has 0 aliphatic carbocycles. The van der Waals surface area contributed by atoms with Gasteiger partial charge in [-0.25, -0.2) is 4.98 Å². The number of nitrogens with zero attached hydrogens (tertiary/aromatic N) is 1. The Kier molecular flexibility index (Phi) is 6.16. The van der Waals surface area contributed by atoms with Crippen molar-refractivity contribution in [3.05, 3.63) is 95.2 Å². The molecule has 5 N–H and O–H groups in total. The van der Waals surface area contributed by atoms with Crippen molar-refractivity contribution < 1.29 is 9.59 Å². The number of hydrogen-bond acceptors (Lipinski definition) is 5. The minimum Gasteiger partial charge on any atom is -0.384 e. The van der Waals surface area contributed by atoms with E-state index in [2.05, 4.69) is 10.3 Å². The quantitative estimate of drug-likeness (QED) is 0.562. The van der Waals surface area contributed by atoms with Gasteiger partial charge in [-0.05, 0) is 42.3 Å². The van der Waals surface area contributed by atoms with Gasteiger partial charge in [-0.3, -0.25) is 9.59 Å². The molecule has 0 radical (unpaired) electrons. The number of pyridine rings is 1. The summed E-state index contributed by atoms with van der Waals surface area (Å²) >= 11 is 0. The average molecular weight is 386 g/mol. The highest BCUT2D eigenvalue weighted by atomic mass is 16.1. The number of rotatable bonds is 6. The van der Waals surface area contributed by atoms with E-state index in [0.717, 1.165) is 11.1 Å². The lowest BCUT2D eigenvalue weighted by Crippen LogP contribution is -2.20. The van der Waals surface area contributed by atoms with E-state index >= 15 is 0 Å². The van der Waals surface area contributed by atoms with Crippen LogP contribution in [0.3, 0.4) is 0 Å². The largest absolute Gasteiger partial charge is 0.384 e. The van der Waals surface area contributed by atoms with E-state index in [9.17, 15) is 9.59 Å². The van der Waals surface area contributed by atoms with Crippen molar-refractivity contribution in [2.24, 2.45) is 5.73 Å². The second kappa shape index (κ2) is 8.95. The first-order valence-corrected chi connectivity index (χ1v) is 9.09. The molecule has 2 aromatic carbocycles. The number of ketones is 1. The molecule has 0 saturated carbocycles. The molecule has 146 valence electrons. The van der Waals surface area contributed by atoms with E-state index in [0.29, 0.717) is 22.6 Å². The Bertz CT molecular complexity index is 1040. The average Bonchev–Trinajstić information content (AvgIpc) is 2.72. The molecule has 1 aromatic heterocycles. The first-order chi connectivity index (χ1) is 13.9. The first-order valence-electron chi connectivity index (χ1n) is 9.09. The zero-order valence-corrected chi connectivity index (χ0v) is 16.0. The fourth-order valence-electron chi connectivity index (χ4n) is 2.70. The fourth-order valence-corrected chi connectivity index (χ4v) is 2.70. The lowest BCUT2D eigenvalue weighted by Gasteiger charge is -2.10. The van der Waals surface area contributed by atoms with Gasteiger partial charge in [0, 0.05) is 23.5 Å². The van der Waals surface area contributed by atoms with Gasteiger partial charge in [0.1, 0.15) is 5.82 Å². The molecule has 0 spiro atoms. The van der Waals surface area contributed by atoms with Gasteiger partial charge in [-0.1, -0.05) is 48.0 Å². The minimum atomic E-state index is -0.797. The molecule has 0 aliphatic heterocycles. The molecular formula is C23H22N4O2. The molecule has 1 atom stereocenters. The molecule has 6 heteroatoms. The second-order valence-electron chi connectivity index (χ2n) is 6.67. The van der Waals surface area contributed by atoms with Gasteiger partial charge >= 0.3 is 0 Å². The highest BCUT2D eigenvalue weighted by molar-refractivity contribution is 6.04. The number of nitrogen functional groups attached to an aromatic ring is 1. The monoisotopic (exact) mass is 386 g/mol.